The average molecular weight is 275 g/mol. The Bertz CT molecular complexity index is 654. The van der Waals surface area contributed by atoms with Crippen LogP contribution in [0, 0.1) is 5.82 Å². The molecule has 3 rings (SSSR count). The van der Waals surface area contributed by atoms with Crippen LogP contribution in [-0.4, -0.2) is 16.0 Å². The SMILES string of the molecule is CCCc1noc(C2CC(=O)Nc3cc(F)ccc32)n1. The number of amides is 1. The summed E-state index contributed by atoms with van der Waals surface area (Å²) in [5, 5.41) is 6.57. The van der Waals surface area contributed by atoms with Crippen LogP contribution in [0.4, 0.5) is 10.1 Å². The van der Waals surface area contributed by atoms with Gasteiger partial charge < -0.3 is 9.84 Å². The number of anilines is 1. The van der Waals surface area contributed by atoms with E-state index in [2.05, 4.69) is 15.5 Å². The Balaban J connectivity index is 1.99. The van der Waals surface area contributed by atoms with E-state index in [0.29, 0.717) is 17.4 Å². The van der Waals surface area contributed by atoms with Gasteiger partial charge in [-0.25, -0.2) is 4.39 Å². The average Bonchev–Trinajstić information content (AvgIpc) is 2.86. The van der Waals surface area contributed by atoms with Crippen LogP contribution in [0.1, 0.15) is 43.0 Å². The minimum Gasteiger partial charge on any atom is -0.339 e. The van der Waals surface area contributed by atoms with Crippen molar-refractivity contribution in [3.8, 4) is 0 Å². The van der Waals surface area contributed by atoms with Gasteiger partial charge in [0.2, 0.25) is 11.8 Å². The quantitative estimate of drug-likeness (QED) is 0.935. The Morgan fingerprint density at radius 3 is 3.15 bits per heavy atom. The van der Waals surface area contributed by atoms with Gasteiger partial charge in [-0.1, -0.05) is 18.1 Å². The van der Waals surface area contributed by atoms with E-state index >= 15 is 0 Å². The molecule has 6 heteroatoms. The van der Waals surface area contributed by atoms with Gasteiger partial charge in [-0.3, -0.25) is 4.79 Å². The lowest BCUT2D eigenvalue weighted by Gasteiger charge is -2.22. The number of benzene rings is 1. The third-order valence-corrected chi connectivity index (χ3v) is 3.31. The summed E-state index contributed by atoms with van der Waals surface area (Å²) in [5.74, 6) is 0.177. The summed E-state index contributed by atoms with van der Waals surface area (Å²) in [7, 11) is 0. The maximum atomic E-state index is 13.3. The fourth-order valence-corrected chi connectivity index (χ4v) is 2.39. The number of nitrogens with one attached hydrogen (secondary N) is 1. The molecule has 0 fully saturated rings. The summed E-state index contributed by atoms with van der Waals surface area (Å²) in [6.45, 7) is 2.03. The Hall–Kier alpha value is -2.24. The first-order valence-corrected chi connectivity index (χ1v) is 6.59. The number of halogens is 1. The predicted octanol–water partition coefficient (Wildman–Crippen LogP) is 2.64. The number of carbonyl (C=O) groups is 1. The summed E-state index contributed by atoms with van der Waals surface area (Å²) in [6, 6.07) is 4.33. The van der Waals surface area contributed by atoms with E-state index in [9.17, 15) is 9.18 Å². The highest BCUT2D eigenvalue weighted by Gasteiger charge is 2.30. The molecule has 0 bridgehead atoms. The number of rotatable bonds is 3. The van der Waals surface area contributed by atoms with Crippen LogP contribution in [0.15, 0.2) is 22.7 Å². The zero-order valence-corrected chi connectivity index (χ0v) is 11.0. The van der Waals surface area contributed by atoms with Crippen LogP contribution in [0.25, 0.3) is 0 Å². The molecule has 0 radical (unpaired) electrons. The molecule has 1 aliphatic rings. The van der Waals surface area contributed by atoms with E-state index in [1.807, 2.05) is 6.92 Å². The van der Waals surface area contributed by atoms with Gasteiger partial charge in [-0.05, 0) is 24.1 Å². The normalized spacial score (nSPS) is 17.7. The minimum atomic E-state index is -0.387. The summed E-state index contributed by atoms with van der Waals surface area (Å²) in [6.07, 6.45) is 1.89. The van der Waals surface area contributed by atoms with Crippen molar-refractivity contribution in [3.05, 3.63) is 41.3 Å². The molecule has 0 spiro atoms. The third-order valence-electron chi connectivity index (χ3n) is 3.31. The van der Waals surface area contributed by atoms with Crippen molar-refractivity contribution in [3.63, 3.8) is 0 Å². The van der Waals surface area contributed by atoms with E-state index < -0.39 is 0 Å². The van der Waals surface area contributed by atoms with Crippen molar-refractivity contribution in [2.24, 2.45) is 0 Å². The first-order chi connectivity index (χ1) is 9.67. The number of aromatic nitrogens is 2. The molecule has 1 amide bonds. The molecule has 0 aliphatic carbocycles. The van der Waals surface area contributed by atoms with Crippen molar-refractivity contribution in [1.82, 2.24) is 10.1 Å². The molecule has 1 N–H and O–H groups in total. The molecule has 1 aromatic carbocycles. The Kier molecular flexibility index (Phi) is 3.22. The standard InChI is InChI=1S/C14H14FN3O2/c1-2-3-12-17-14(20-18-12)10-7-13(19)16-11-6-8(15)4-5-9(10)11/h4-6,10H,2-3,7H2,1H3,(H,16,19). The highest BCUT2D eigenvalue weighted by molar-refractivity contribution is 5.95. The number of hydrogen-bond acceptors (Lipinski definition) is 4. The maximum Gasteiger partial charge on any atom is 0.234 e. The number of hydrogen-bond donors (Lipinski definition) is 1. The zero-order valence-electron chi connectivity index (χ0n) is 11.0. The highest BCUT2D eigenvalue weighted by Crippen LogP contribution is 2.36. The fraction of sp³-hybridized carbons (Fsp3) is 0.357. The van der Waals surface area contributed by atoms with Crippen molar-refractivity contribution < 1.29 is 13.7 Å². The molecule has 0 saturated carbocycles. The second kappa shape index (κ2) is 5.03. The number of carbonyl (C=O) groups excluding carboxylic acids is 1. The lowest BCUT2D eigenvalue weighted by molar-refractivity contribution is -0.116. The molecule has 104 valence electrons. The van der Waals surface area contributed by atoms with Crippen LogP contribution >= 0.6 is 0 Å². The smallest absolute Gasteiger partial charge is 0.234 e. The van der Waals surface area contributed by atoms with Gasteiger partial charge in [0.25, 0.3) is 0 Å². The monoisotopic (exact) mass is 275 g/mol. The number of fused-ring (bicyclic) bond motifs is 1. The fourth-order valence-electron chi connectivity index (χ4n) is 2.39. The number of aryl methyl sites for hydroxylation is 1. The molecule has 20 heavy (non-hydrogen) atoms. The molecule has 2 heterocycles. The van der Waals surface area contributed by atoms with E-state index in [-0.39, 0.29) is 24.1 Å². The second-order valence-electron chi connectivity index (χ2n) is 4.84. The first-order valence-electron chi connectivity index (χ1n) is 6.59. The molecule has 1 atom stereocenters. The summed E-state index contributed by atoms with van der Waals surface area (Å²) in [5.41, 5.74) is 1.28. The Morgan fingerprint density at radius 2 is 2.35 bits per heavy atom. The van der Waals surface area contributed by atoms with E-state index in [4.69, 9.17) is 4.52 Å². The van der Waals surface area contributed by atoms with Crippen molar-refractivity contribution >= 4 is 11.6 Å². The topological polar surface area (TPSA) is 68.0 Å². The van der Waals surface area contributed by atoms with Gasteiger partial charge in [0.1, 0.15) is 5.82 Å². The van der Waals surface area contributed by atoms with Gasteiger partial charge in [-0.15, -0.1) is 0 Å². The predicted molar refractivity (Wildman–Crippen MR) is 69.8 cm³/mol. The van der Waals surface area contributed by atoms with E-state index in [1.165, 1.54) is 12.1 Å². The van der Waals surface area contributed by atoms with Gasteiger partial charge in [0, 0.05) is 18.5 Å². The van der Waals surface area contributed by atoms with Crippen molar-refractivity contribution in [2.75, 3.05) is 5.32 Å². The lowest BCUT2D eigenvalue weighted by Crippen LogP contribution is -2.23. The van der Waals surface area contributed by atoms with Gasteiger partial charge in [-0.2, -0.15) is 4.98 Å². The maximum absolute atomic E-state index is 13.3. The number of nitrogens with zero attached hydrogens (tertiary/aromatic N) is 2. The van der Waals surface area contributed by atoms with Crippen molar-refractivity contribution in [1.29, 1.82) is 0 Å². The highest BCUT2D eigenvalue weighted by atomic mass is 19.1. The Morgan fingerprint density at radius 1 is 1.50 bits per heavy atom. The largest absolute Gasteiger partial charge is 0.339 e. The second-order valence-corrected chi connectivity index (χ2v) is 4.84. The third kappa shape index (κ3) is 2.29. The molecular weight excluding hydrogens is 261 g/mol. The summed E-state index contributed by atoms with van der Waals surface area (Å²) < 4.78 is 18.5. The minimum absolute atomic E-state index is 0.177. The van der Waals surface area contributed by atoms with Crippen LogP contribution < -0.4 is 5.32 Å². The van der Waals surface area contributed by atoms with Crippen LogP contribution in [0.3, 0.4) is 0 Å². The molecule has 1 aromatic heterocycles. The molecule has 5 nitrogen and oxygen atoms in total. The molecule has 1 unspecified atom stereocenters. The van der Waals surface area contributed by atoms with Crippen LogP contribution in [0.2, 0.25) is 0 Å². The molecule has 0 saturated heterocycles. The van der Waals surface area contributed by atoms with Crippen LogP contribution in [-0.2, 0) is 11.2 Å². The summed E-state index contributed by atoms with van der Waals surface area (Å²) in [4.78, 5) is 16.1. The van der Waals surface area contributed by atoms with Gasteiger partial charge >= 0.3 is 0 Å². The van der Waals surface area contributed by atoms with E-state index in [0.717, 1.165) is 18.4 Å². The lowest BCUT2D eigenvalue weighted by atomic mass is 9.90. The molecule has 2 aromatic rings. The van der Waals surface area contributed by atoms with Gasteiger partial charge in [0.15, 0.2) is 5.82 Å². The van der Waals surface area contributed by atoms with E-state index in [1.54, 1.807) is 6.07 Å². The summed E-state index contributed by atoms with van der Waals surface area (Å²) >= 11 is 0. The van der Waals surface area contributed by atoms with Crippen LogP contribution in [0.5, 0.6) is 0 Å². The Labute approximate surface area is 115 Å². The first kappa shape index (κ1) is 12.8. The molecular formula is C14H14FN3O2. The zero-order chi connectivity index (χ0) is 14.1. The van der Waals surface area contributed by atoms with Crippen molar-refractivity contribution in [2.45, 2.75) is 32.1 Å². The van der Waals surface area contributed by atoms with Gasteiger partial charge in [0.05, 0.1) is 5.92 Å². The molecule has 1 aliphatic heterocycles.